The minimum Gasteiger partial charge on any atom is -0.383 e. The average Bonchev–Trinajstić information content (AvgIpc) is 2.58. The fourth-order valence-corrected chi connectivity index (χ4v) is 2.87. The molecule has 0 radical (unpaired) electrons. The summed E-state index contributed by atoms with van der Waals surface area (Å²) in [5, 5.41) is 5.28. The fraction of sp³-hybridized carbons (Fsp3) is 0.529. The largest absolute Gasteiger partial charge is 0.416 e. The van der Waals surface area contributed by atoms with Crippen molar-refractivity contribution in [3.8, 4) is 0 Å². The van der Waals surface area contributed by atoms with E-state index in [1.165, 1.54) is 25.3 Å². The number of nitrogens with one attached hydrogen (secondary N) is 2. The number of rotatable bonds is 7. The number of carbonyl (C=O) groups is 2. The van der Waals surface area contributed by atoms with E-state index in [-0.39, 0.29) is 30.3 Å². The molecule has 1 saturated heterocycles. The molecular weight excluding hydrogens is 351 g/mol. The molecule has 1 atom stereocenters. The van der Waals surface area contributed by atoms with Crippen molar-refractivity contribution in [2.24, 2.45) is 0 Å². The van der Waals surface area contributed by atoms with Gasteiger partial charge in [-0.2, -0.15) is 13.2 Å². The van der Waals surface area contributed by atoms with E-state index < -0.39 is 17.8 Å². The van der Waals surface area contributed by atoms with E-state index in [9.17, 15) is 22.8 Å². The Kier molecular flexibility index (Phi) is 6.98. The number of hydrogen-bond donors (Lipinski definition) is 2. The Hall–Kier alpha value is -2.13. The van der Waals surface area contributed by atoms with Crippen LogP contribution in [0.25, 0.3) is 0 Å². The fourth-order valence-electron chi connectivity index (χ4n) is 2.87. The maximum absolute atomic E-state index is 13.2. The first-order valence-corrected chi connectivity index (χ1v) is 8.25. The minimum absolute atomic E-state index is 0.0564. The zero-order chi connectivity index (χ0) is 19.2. The molecule has 2 N–H and O–H groups in total. The molecule has 1 aliphatic rings. The lowest BCUT2D eigenvalue weighted by Gasteiger charge is -2.35. The molecule has 9 heteroatoms. The maximum Gasteiger partial charge on any atom is 0.416 e. The molecule has 0 aliphatic carbocycles. The van der Waals surface area contributed by atoms with Crippen molar-refractivity contribution in [3.05, 3.63) is 35.4 Å². The van der Waals surface area contributed by atoms with Gasteiger partial charge < -0.3 is 15.4 Å². The molecular formula is C17H22F3N3O3. The van der Waals surface area contributed by atoms with Crippen LogP contribution in [-0.4, -0.2) is 56.1 Å². The van der Waals surface area contributed by atoms with E-state index in [4.69, 9.17) is 4.74 Å². The molecule has 1 aliphatic heterocycles. The number of alkyl halides is 3. The quantitative estimate of drug-likeness (QED) is 0.704. The molecule has 6 nitrogen and oxygen atoms in total. The van der Waals surface area contributed by atoms with Crippen molar-refractivity contribution in [1.29, 1.82) is 0 Å². The van der Waals surface area contributed by atoms with E-state index in [0.29, 0.717) is 26.2 Å². The molecule has 1 unspecified atom stereocenters. The smallest absolute Gasteiger partial charge is 0.383 e. The van der Waals surface area contributed by atoms with Crippen molar-refractivity contribution in [3.63, 3.8) is 0 Å². The van der Waals surface area contributed by atoms with Gasteiger partial charge in [0.05, 0.1) is 24.6 Å². The molecule has 2 rings (SSSR count). The highest BCUT2D eigenvalue weighted by Crippen LogP contribution is 2.32. The van der Waals surface area contributed by atoms with Crippen LogP contribution >= 0.6 is 0 Å². The number of nitrogens with zero attached hydrogens (tertiary/aromatic N) is 1. The van der Waals surface area contributed by atoms with Crippen molar-refractivity contribution in [2.45, 2.75) is 25.2 Å². The van der Waals surface area contributed by atoms with Crippen LogP contribution < -0.4 is 10.6 Å². The highest BCUT2D eigenvalue weighted by Gasteiger charge is 2.36. The Balaban J connectivity index is 2.11. The number of piperazine rings is 1. The summed E-state index contributed by atoms with van der Waals surface area (Å²) in [6.45, 7) is 1.29. The van der Waals surface area contributed by atoms with Crippen LogP contribution in [0.15, 0.2) is 24.3 Å². The van der Waals surface area contributed by atoms with Crippen molar-refractivity contribution in [2.75, 3.05) is 33.4 Å². The van der Waals surface area contributed by atoms with Gasteiger partial charge in [0.15, 0.2) is 0 Å². The summed E-state index contributed by atoms with van der Waals surface area (Å²) < 4.78 is 44.4. The van der Waals surface area contributed by atoms with Crippen LogP contribution in [-0.2, 0) is 27.0 Å². The van der Waals surface area contributed by atoms with E-state index in [0.717, 1.165) is 6.07 Å². The first-order chi connectivity index (χ1) is 12.3. The second-order valence-electron chi connectivity index (χ2n) is 5.98. The first kappa shape index (κ1) is 20.2. The summed E-state index contributed by atoms with van der Waals surface area (Å²) >= 11 is 0. The highest BCUT2D eigenvalue weighted by molar-refractivity contribution is 5.88. The van der Waals surface area contributed by atoms with Gasteiger partial charge in [0.1, 0.15) is 0 Å². The van der Waals surface area contributed by atoms with Crippen LogP contribution in [0.5, 0.6) is 0 Å². The third-order valence-electron chi connectivity index (χ3n) is 4.14. The van der Waals surface area contributed by atoms with Gasteiger partial charge in [-0.3, -0.25) is 14.5 Å². The lowest BCUT2D eigenvalue weighted by Crippen LogP contribution is -2.56. The summed E-state index contributed by atoms with van der Waals surface area (Å²) in [4.78, 5) is 25.8. The SMILES string of the molecule is COCCNC(=O)CC1C(=O)NCCN1Cc1ccccc1C(F)(F)F. The van der Waals surface area contributed by atoms with Gasteiger partial charge in [-0.05, 0) is 11.6 Å². The van der Waals surface area contributed by atoms with Gasteiger partial charge >= 0.3 is 6.18 Å². The van der Waals surface area contributed by atoms with E-state index >= 15 is 0 Å². The second kappa shape index (κ2) is 9.00. The van der Waals surface area contributed by atoms with Crippen LogP contribution in [0.1, 0.15) is 17.5 Å². The number of hydrogen-bond acceptors (Lipinski definition) is 4. The van der Waals surface area contributed by atoms with Crippen LogP contribution in [0.3, 0.4) is 0 Å². The van der Waals surface area contributed by atoms with Gasteiger partial charge in [0.2, 0.25) is 11.8 Å². The van der Waals surface area contributed by atoms with Crippen LogP contribution in [0.4, 0.5) is 13.2 Å². The Morgan fingerprint density at radius 3 is 2.81 bits per heavy atom. The normalized spacial score (nSPS) is 18.5. The Labute approximate surface area is 149 Å². The predicted molar refractivity (Wildman–Crippen MR) is 88.2 cm³/mol. The van der Waals surface area contributed by atoms with Crippen LogP contribution in [0.2, 0.25) is 0 Å². The summed E-state index contributed by atoms with van der Waals surface area (Å²) in [6, 6.07) is 4.46. The first-order valence-electron chi connectivity index (χ1n) is 8.25. The zero-order valence-corrected chi connectivity index (χ0v) is 14.4. The molecule has 1 heterocycles. The number of carbonyl (C=O) groups excluding carboxylic acids is 2. The number of benzene rings is 1. The monoisotopic (exact) mass is 373 g/mol. The Morgan fingerprint density at radius 2 is 2.12 bits per heavy atom. The standard InChI is InChI=1S/C17H22F3N3O3/c1-26-9-7-21-15(24)10-14-16(25)22-6-8-23(14)11-12-4-2-3-5-13(12)17(18,19)20/h2-5,14H,6-11H2,1H3,(H,21,24)(H,22,25). The summed E-state index contributed by atoms with van der Waals surface area (Å²) in [6.07, 6.45) is -4.59. The van der Waals surface area contributed by atoms with Gasteiger partial charge in [-0.25, -0.2) is 0 Å². The molecule has 0 saturated carbocycles. The third kappa shape index (κ3) is 5.43. The average molecular weight is 373 g/mol. The van der Waals surface area contributed by atoms with Crippen LogP contribution in [0, 0.1) is 0 Å². The van der Waals surface area contributed by atoms with Crippen molar-refractivity contribution < 1.29 is 27.5 Å². The molecule has 144 valence electrons. The lowest BCUT2D eigenvalue weighted by molar-refractivity contribution is -0.139. The minimum atomic E-state index is -4.47. The molecule has 1 aromatic carbocycles. The van der Waals surface area contributed by atoms with E-state index in [2.05, 4.69) is 10.6 Å². The number of methoxy groups -OCH3 is 1. The van der Waals surface area contributed by atoms with Crippen molar-refractivity contribution in [1.82, 2.24) is 15.5 Å². The maximum atomic E-state index is 13.2. The highest BCUT2D eigenvalue weighted by atomic mass is 19.4. The molecule has 0 bridgehead atoms. The Bertz CT molecular complexity index is 637. The summed E-state index contributed by atoms with van der Waals surface area (Å²) in [5.74, 6) is -0.708. The molecule has 2 amide bonds. The van der Waals surface area contributed by atoms with Gasteiger partial charge in [-0.1, -0.05) is 18.2 Å². The van der Waals surface area contributed by atoms with Crippen molar-refractivity contribution >= 4 is 11.8 Å². The number of halogens is 3. The van der Waals surface area contributed by atoms with E-state index in [1.54, 1.807) is 4.90 Å². The number of ether oxygens (including phenoxy) is 1. The predicted octanol–water partition coefficient (Wildman–Crippen LogP) is 1.16. The van der Waals surface area contributed by atoms with Gasteiger partial charge in [-0.15, -0.1) is 0 Å². The molecule has 1 aromatic rings. The Morgan fingerprint density at radius 1 is 1.38 bits per heavy atom. The summed E-state index contributed by atoms with van der Waals surface area (Å²) in [5.41, 5.74) is -0.645. The third-order valence-corrected chi connectivity index (χ3v) is 4.14. The lowest BCUT2D eigenvalue weighted by atomic mass is 10.0. The molecule has 26 heavy (non-hydrogen) atoms. The molecule has 1 fully saturated rings. The molecule has 0 aromatic heterocycles. The van der Waals surface area contributed by atoms with E-state index in [1.807, 2.05) is 0 Å². The zero-order valence-electron chi connectivity index (χ0n) is 14.4. The van der Waals surface area contributed by atoms with Gasteiger partial charge in [0, 0.05) is 33.3 Å². The number of amides is 2. The summed E-state index contributed by atoms with van der Waals surface area (Å²) in [7, 11) is 1.50. The van der Waals surface area contributed by atoms with Gasteiger partial charge in [0.25, 0.3) is 0 Å². The molecule has 0 spiro atoms. The second-order valence-corrected chi connectivity index (χ2v) is 5.98. The topological polar surface area (TPSA) is 70.7 Å².